The van der Waals surface area contributed by atoms with Gasteiger partial charge in [-0.2, -0.15) is 0 Å². The summed E-state index contributed by atoms with van der Waals surface area (Å²) in [6.07, 6.45) is -0.0353. The maximum Gasteiger partial charge on any atom is 0.310 e. The normalized spacial score (nSPS) is 10.3. The van der Waals surface area contributed by atoms with Gasteiger partial charge in [-0.25, -0.2) is 4.39 Å². The van der Waals surface area contributed by atoms with E-state index in [-0.39, 0.29) is 12.1 Å². The molecule has 150 valence electrons. The van der Waals surface area contributed by atoms with E-state index in [1.54, 1.807) is 24.3 Å². The average molecular weight is 454 g/mol. The number of anilines is 1. The Morgan fingerprint density at radius 3 is 2.43 bits per heavy atom. The quantitative estimate of drug-likeness (QED) is 0.578. The van der Waals surface area contributed by atoms with Crippen molar-refractivity contribution in [3.05, 3.63) is 52.3 Å². The second kappa shape index (κ2) is 10.7. The van der Waals surface area contributed by atoms with Crippen molar-refractivity contribution in [3.8, 4) is 11.5 Å². The number of halogens is 2. The van der Waals surface area contributed by atoms with Crippen molar-refractivity contribution in [1.29, 1.82) is 0 Å². The Hall–Kier alpha value is -2.61. The van der Waals surface area contributed by atoms with Crippen LogP contribution in [0.1, 0.15) is 19.4 Å². The van der Waals surface area contributed by atoms with E-state index in [1.165, 1.54) is 12.1 Å². The molecule has 2 aromatic carbocycles. The fraction of sp³-hybridized carbons (Fsp3) is 0.300. The zero-order valence-electron chi connectivity index (χ0n) is 15.6. The summed E-state index contributed by atoms with van der Waals surface area (Å²) in [5.41, 5.74) is 0.674. The number of hydrogen-bond donors (Lipinski definition) is 1. The predicted molar refractivity (Wildman–Crippen MR) is 106 cm³/mol. The highest BCUT2D eigenvalue weighted by Crippen LogP contribution is 2.28. The van der Waals surface area contributed by atoms with Crippen LogP contribution in [0.3, 0.4) is 0 Å². The summed E-state index contributed by atoms with van der Waals surface area (Å²) in [5.74, 6) is -0.670. The lowest BCUT2D eigenvalue weighted by molar-refractivity contribution is -0.146. The van der Waals surface area contributed by atoms with Gasteiger partial charge in [0.05, 0.1) is 25.3 Å². The number of nitrogens with one attached hydrogen (secondary N) is 1. The smallest absolute Gasteiger partial charge is 0.310 e. The minimum Gasteiger partial charge on any atom is -0.490 e. The number of rotatable bonds is 9. The van der Waals surface area contributed by atoms with E-state index in [1.807, 2.05) is 13.8 Å². The van der Waals surface area contributed by atoms with Gasteiger partial charge in [-0.1, -0.05) is 22.0 Å². The number of hydrogen-bond acceptors (Lipinski definition) is 5. The monoisotopic (exact) mass is 453 g/mol. The highest BCUT2D eigenvalue weighted by Gasteiger charge is 2.13. The molecule has 2 aromatic rings. The Labute approximate surface area is 171 Å². The largest absolute Gasteiger partial charge is 0.490 e. The van der Waals surface area contributed by atoms with Gasteiger partial charge >= 0.3 is 5.97 Å². The summed E-state index contributed by atoms with van der Waals surface area (Å²) >= 11 is 3.13. The number of benzene rings is 2. The van der Waals surface area contributed by atoms with Crippen LogP contribution >= 0.6 is 15.9 Å². The fourth-order valence-electron chi connectivity index (χ4n) is 2.35. The van der Waals surface area contributed by atoms with E-state index in [0.717, 1.165) is 0 Å². The Kier molecular flexibility index (Phi) is 8.25. The zero-order chi connectivity index (χ0) is 20.5. The first kappa shape index (κ1) is 21.7. The lowest BCUT2D eigenvalue weighted by Crippen LogP contribution is -2.22. The molecule has 28 heavy (non-hydrogen) atoms. The van der Waals surface area contributed by atoms with Crippen LogP contribution in [-0.2, 0) is 20.7 Å². The Morgan fingerprint density at radius 1 is 1.04 bits per heavy atom. The minimum absolute atomic E-state index is 0.0112. The summed E-state index contributed by atoms with van der Waals surface area (Å²) in [7, 11) is 0. The molecule has 0 saturated carbocycles. The molecule has 1 amide bonds. The van der Waals surface area contributed by atoms with Crippen LogP contribution in [0.25, 0.3) is 0 Å². The molecule has 8 heteroatoms. The summed E-state index contributed by atoms with van der Waals surface area (Å²) in [5, 5.41) is 2.36. The van der Waals surface area contributed by atoms with Crippen LogP contribution in [0.15, 0.2) is 40.9 Å². The Bertz CT molecular complexity index is 843. The lowest BCUT2D eigenvalue weighted by Gasteiger charge is -2.12. The molecule has 0 saturated heterocycles. The molecule has 0 aliphatic heterocycles. The van der Waals surface area contributed by atoms with Crippen molar-refractivity contribution in [2.24, 2.45) is 0 Å². The molecule has 0 unspecified atom stereocenters. The first-order valence-electron chi connectivity index (χ1n) is 8.72. The van der Waals surface area contributed by atoms with E-state index in [2.05, 4.69) is 21.2 Å². The summed E-state index contributed by atoms with van der Waals surface area (Å²) in [6.45, 7) is 4.16. The highest BCUT2D eigenvalue weighted by atomic mass is 79.9. The molecule has 0 spiro atoms. The van der Waals surface area contributed by atoms with Gasteiger partial charge in [-0.05, 0) is 49.7 Å². The van der Waals surface area contributed by atoms with Gasteiger partial charge in [-0.15, -0.1) is 0 Å². The molecule has 0 bridgehead atoms. The molecule has 1 N–H and O–H groups in total. The molecule has 2 rings (SSSR count). The van der Waals surface area contributed by atoms with Gasteiger partial charge in [0.1, 0.15) is 5.82 Å². The van der Waals surface area contributed by atoms with Gasteiger partial charge < -0.3 is 19.5 Å². The van der Waals surface area contributed by atoms with E-state index >= 15 is 0 Å². The molecule has 0 radical (unpaired) electrons. The maximum absolute atomic E-state index is 13.7. The Morgan fingerprint density at radius 2 is 1.75 bits per heavy atom. The van der Waals surface area contributed by atoms with Crippen molar-refractivity contribution in [2.75, 3.05) is 25.1 Å². The first-order valence-corrected chi connectivity index (χ1v) is 9.51. The van der Waals surface area contributed by atoms with Gasteiger partial charge in [0.25, 0.3) is 5.91 Å². The van der Waals surface area contributed by atoms with Crippen LogP contribution in [0.2, 0.25) is 0 Å². The average Bonchev–Trinajstić information content (AvgIpc) is 2.65. The zero-order valence-corrected chi connectivity index (χ0v) is 17.2. The number of carbonyl (C=O) groups is 2. The van der Waals surface area contributed by atoms with Crippen LogP contribution in [0, 0.1) is 5.82 Å². The highest BCUT2D eigenvalue weighted by molar-refractivity contribution is 9.10. The van der Waals surface area contributed by atoms with Crippen molar-refractivity contribution < 1.29 is 28.2 Å². The first-order chi connectivity index (χ1) is 13.4. The van der Waals surface area contributed by atoms with Crippen molar-refractivity contribution >= 4 is 33.5 Å². The number of ether oxygens (including phenoxy) is 3. The molecular formula is C20H21BrFNO5. The minimum atomic E-state index is -0.628. The van der Waals surface area contributed by atoms with Crippen molar-refractivity contribution in [3.63, 3.8) is 0 Å². The van der Waals surface area contributed by atoms with Crippen LogP contribution < -0.4 is 14.8 Å². The van der Waals surface area contributed by atoms with E-state index in [4.69, 9.17) is 14.2 Å². The van der Waals surface area contributed by atoms with E-state index in [9.17, 15) is 14.0 Å². The topological polar surface area (TPSA) is 73.9 Å². The van der Waals surface area contributed by atoms with Gasteiger partial charge in [-0.3, -0.25) is 9.59 Å². The number of amides is 1. The van der Waals surface area contributed by atoms with E-state index in [0.29, 0.717) is 34.7 Å². The lowest BCUT2D eigenvalue weighted by atomic mass is 10.1. The maximum atomic E-state index is 13.7. The van der Waals surface area contributed by atoms with Gasteiger partial charge in [0.15, 0.2) is 18.1 Å². The fourth-order valence-corrected chi connectivity index (χ4v) is 2.68. The van der Waals surface area contributed by atoms with Gasteiger partial charge in [0.2, 0.25) is 0 Å². The summed E-state index contributed by atoms with van der Waals surface area (Å²) < 4.78 is 30.2. The second-order valence-electron chi connectivity index (χ2n) is 5.66. The summed E-state index contributed by atoms with van der Waals surface area (Å²) in [6, 6.07) is 9.38. The third kappa shape index (κ3) is 6.53. The van der Waals surface area contributed by atoms with Crippen molar-refractivity contribution in [2.45, 2.75) is 20.3 Å². The standard InChI is InChI=1S/C20H21BrFNO5/c1-3-26-17-8-5-13(9-18(17)27-4-2)10-20(25)28-12-19(24)23-16-7-6-14(21)11-15(16)22/h5-9,11H,3-4,10,12H2,1-2H3,(H,23,24). The van der Waals surface area contributed by atoms with Gasteiger partial charge in [0, 0.05) is 4.47 Å². The molecular weight excluding hydrogens is 433 g/mol. The molecule has 6 nitrogen and oxygen atoms in total. The van der Waals surface area contributed by atoms with Crippen LogP contribution in [-0.4, -0.2) is 31.7 Å². The molecule has 0 heterocycles. The number of carbonyl (C=O) groups excluding carboxylic acids is 2. The third-order valence-corrected chi connectivity index (χ3v) is 4.02. The molecule has 0 aromatic heterocycles. The number of esters is 1. The molecule has 0 fully saturated rings. The molecule has 0 aliphatic carbocycles. The second-order valence-corrected chi connectivity index (χ2v) is 6.57. The van der Waals surface area contributed by atoms with Crippen molar-refractivity contribution in [1.82, 2.24) is 0 Å². The van der Waals surface area contributed by atoms with Crippen LogP contribution in [0.4, 0.5) is 10.1 Å². The molecule has 0 aliphatic rings. The third-order valence-electron chi connectivity index (χ3n) is 3.53. The Balaban J connectivity index is 1.89. The van der Waals surface area contributed by atoms with Crippen LogP contribution in [0.5, 0.6) is 11.5 Å². The predicted octanol–water partition coefficient (Wildman–Crippen LogP) is 4.11. The van der Waals surface area contributed by atoms with E-state index < -0.39 is 24.3 Å². The summed E-state index contributed by atoms with van der Waals surface area (Å²) in [4.78, 5) is 23.9. The molecule has 0 atom stereocenters. The SMILES string of the molecule is CCOc1ccc(CC(=O)OCC(=O)Nc2ccc(Br)cc2F)cc1OCC.